The van der Waals surface area contributed by atoms with Gasteiger partial charge in [-0.15, -0.1) is 0 Å². The minimum atomic E-state index is -2.23. The van der Waals surface area contributed by atoms with Gasteiger partial charge in [-0.2, -0.15) is 0 Å². The minimum absolute atomic E-state index is 0.112. The van der Waals surface area contributed by atoms with Crippen molar-refractivity contribution < 1.29 is 18.0 Å². The lowest BCUT2D eigenvalue weighted by atomic mass is 9.88. The van der Waals surface area contributed by atoms with Crippen molar-refractivity contribution in [2.75, 3.05) is 0 Å². The molecule has 1 aromatic carbocycles. The predicted molar refractivity (Wildman–Crippen MR) is 122 cm³/mol. The molecule has 3 rings (SSSR count). The molecule has 0 fully saturated rings. The lowest BCUT2D eigenvalue weighted by molar-refractivity contribution is 0.0954. The van der Waals surface area contributed by atoms with E-state index in [9.17, 15) is 13.6 Å². The molecule has 0 saturated carbocycles. The maximum atomic E-state index is 14.6. The Morgan fingerprint density at radius 2 is 1.61 bits per heavy atom. The highest BCUT2D eigenvalue weighted by Crippen LogP contribution is 2.47. The number of benzene rings is 1. The molecule has 1 aliphatic carbocycles. The minimum Gasteiger partial charge on any atom is -0.408 e. The summed E-state index contributed by atoms with van der Waals surface area (Å²) in [5.41, 5.74) is 2.35. The summed E-state index contributed by atoms with van der Waals surface area (Å²) < 4.78 is 35.5. The third-order valence-corrected chi connectivity index (χ3v) is 13.0. The predicted octanol–water partition coefficient (Wildman–Crippen LogP) is 7.35. The zero-order valence-electron chi connectivity index (χ0n) is 19.3. The Kier molecular flexibility index (Phi) is 7.11. The number of aromatic nitrogens is 1. The number of nitrogens with zero attached hydrogens (tertiary/aromatic N) is 1. The van der Waals surface area contributed by atoms with Gasteiger partial charge in [0.05, 0.1) is 17.7 Å². The number of fused-ring (bicyclic) bond motifs is 1. The SMILES string of the molecule is CC(C)[Si](OC1CCC(c2cccc(F)c2F)C(=O)c2cccnc21)(C(C)C)C(C)C. The van der Waals surface area contributed by atoms with Crippen LogP contribution in [0.15, 0.2) is 36.5 Å². The fourth-order valence-electron chi connectivity index (χ4n) is 5.51. The van der Waals surface area contributed by atoms with Crippen molar-refractivity contribution in [2.45, 2.75) is 83.0 Å². The quantitative estimate of drug-likeness (QED) is 0.344. The lowest BCUT2D eigenvalue weighted by Crippen LogP contribution is -2.48. The molecule has 3 nitrogen and oxygen atoms in total. The van der Waals surface area contributed by atoms with E-state index in [0.717, 1.165) is 6.07 Å². The number of carbonyl (C=O) groups excluding carboxylic acids is 1. The van der Waals surface area contributed by atoms with Crippen LogP contribution < -0.4 is 0 Å². The third kappa shape index (κ3) is 4.24. The molecule has 31 heavy (non-hydrogen) atoms. The molecule has 2 atom stereocenters. The number of pyridine rings is 1. The molecule has 0 spiro atoms. The van der Waals surface area contributed by atoms with Crippen molar-refractivity contribution in [3.05, 3.63) is 65.0 Å². The van der Waals surface area contributed by atoms with Gasteiger partial charge in [-0.25, -0.2) is 8.78 Å². The fraction of sp³-hybridized carbons (Fsp3) is 0.520. The largest absolute Gasteiger partial charge is 0.408 e. The maximum absolute atomic E-state index is 14.6. The molecule has 1 aromatic heterocycles. The standard InChI is InChI=1S/C25H33F2NO2Si/c1-15(2)31(16(3)4,17(5)6)30-22-13-12-19(18-9-7-11-21(26)23(18)27)25(29)20-10-8-14-28-24(20)22/h7-11,14-17,19,22H,12-13H2,1-6H3. The van der Waals surface area contributed by atoms with Crippen LogP contribution in [0.1, 0.15) is 88.0 Å². The van der Waals surface area contributed by atoms with Crippen molar-refractivity contribution in [3.63, 3.8) is 0 Å². The van der Waals surface area contributed by atoms with E-state index in [4.69, 9.17) is 4.43 Å². The first-order valence-corrected chi connectivity index (χ1v) is 13.4. The van der Waals surface area contributed by atoms with E-state index < -0.39 is 25.9 Å². The summed E-state index contributed by atoms with van der Waals surface area (Å²) in [5.74, 6) is -2.84. The smallest absolute Gasteiger partial charge is 0.201 e. The van der Waals surface area contributed by atoms with Gasteiger partial charge < -0.3 is 4.43 Å². The molecular formula is C25H33F2NO2Si. The van der Waals surface area contributed by atoms with Crippen LogP contribution in [0.2, 0.25) is 16.6 Å². The molecule has 0 aliphatic heterocycles. The van der Waals surface area contributed by atoms with E-state index in [2.05, 4.69) is 46.5 Å². The lowest BCUT2D eigenvalue weighted by Gasteiger charge is -2.44. The van der Waals surface area contributed by atoms with E-state index >= 15 is 0 Å². The summed E-state index contributed by atoms with van der Waals surface area (Å²) >= 11 is 0. The van der Waals surface area contributed by atoms with E-state index in [0.29, 0.717) is 40.7 Å². The second-order valence-electron chi connectivity index (χ2n) is 9.50. The summed E-state index contributed by atoms with van der Waals surface area (Å²) in [7, 11) is -2.23. The molecule has 6 heteroatoms. The van der Waals surface area contributed by atoms with Crippen molar-refractivity contribution in [3.8, 4) is 0 Å². The van der Waals surface area contributed by atoms with Gasteiger partial charge in [0.15, 0.2) is 17.4 Å². The van der Waals surface area contributed by atoms with Gasteiger partial charge in [-0.3, -0.25) is 9.78 Å². The van der Waals surface area contributed by atoms with Crippen molar-refractivity contribution in [1.82, 2.24) is 4.98 Å². The van der Waals surface area contributed by atoms with Crippen LogP contribution in [0.5, 0.6) is 0 Å². The van der Waals surface area contributed by atoms with Crippen LogP contribution in [0, 0.1) is 11.6 Å². The van der Waals surface area contributed by atoms with Crippen LogP contribution in [0.3, 0.4) is 0 Å². The van der Waals surface area contributed by atoms with Crippen LogP contribution in [0.25, 0.3) is 0 Å². The van der Waals surface area contributed by atoms with Gasteiger partial charge in [-0.05, 0) is 47.7 Å². The van der Waals surface area contributed by atoms with Gasteiger partial charge in [0.2, 0.25) is 8.32 Å². The summed E-state index contributed by atoms with van der Waals surface area (Å²) in [5, 5.41) is 0. The van der Waals surface area contributed by atoms with Crippen molar-refractivity contribution in [1.29, 1.82) is 0 Å². The number of hydrogen-bond acceptors (Lipinski definition) is 3. The normalized spacial score (nSPS) is 19.8. The zero-order chi connectivity index (χ0) is 22.9. The molecule has 1 heterocycles. The average Bonchev–Trinajstić information content (AvgIpc) is 2.84. The molecule has 0 amide bonds. The molecule has 0 saturated heterocycles. The first-order chi connectivity index (χ1) is 14.6. The molecule has 168 valence electrons. The van der Waals surface area contributed by atoms with Gasteiger partial charge in [0.25, 0.3) is 0 Å². The van der Waals surface area contributed by atoms with Crippen molar-refractivity contribution in [2.24, 2.45) is 0 Å². The Labute approximate surface area is 185 Å². The zero-order valence-corrected chi connectivity index (χ0v) is 20.3. The average molecular weight is 446 g/mol. The summed E-state index contributed by atoms with van der Waals surface area (Å²) in [6.45, 7) is 13.3. The summed E-state index contributed by atoms with van der Waals surface area (Å²) in [4.78, 5) is 18.0. The Hall–Kier alpha value is -1.92. The highest BCUT2D eigenvalue weighted by atomic mass is 28.4. The molecular weight excluding hydrogens is 412 g/mol. The van der Waals surface area contributed by atoms with E-state index in [1.165, 1.54) is 12.1 Å². The monoisotopic (exact) mass is 445 g/mol. The van der Waals surface area contributed by atoms with E-state index in [1.807, 2.05) is 0 Å². The van der Waals surface area contributed by atoms with Gasteiger partial charge in [0, 0.05) is 17.3 Å². The molecule has 0 bridgehead atoms. The number of ketones is 1. The van der Waals surface area contributed by atoms with Crippen LogP contribution in [0.4, 0.5) is 8.78 Å². The van der Waals surface area contributed by atoms with Crippen LogP contribution in [-0.2, 0) is 4.43 Å². The Balaban J connectivity index is 2.07. The van der Waals surface area contributed by atoms with Gasteiger partial charge in [0.1, 0.15) is 0 Å². The number of hydrogen-bond donors (Lipinski definition) is 0. The number of carbonyl (C=O) groups is 1. The topological polar surface area (TPSA) is 39.2 Å². The first-order valence-electron chi connectivity index (χ1n) is 11.2. The Morgan fingerprint density at radius 3 is 2.23 bits per heavy atom. The summed E-state index contributed by atoms with van der Waals surface area (Å²) in [6.07, 6.45) is 2.27. The van der Waals surface area contributed by atoms with Gasteiger partial charge >= 0.3 is 0 Å². The van der Waals surface area contributed by atoms with Crippen LogP contribution >= 0.6 is 0 Å². The molecule has 2 aromatic rings. The van der Waals surface area contributed by atoms with Crippen molar-refractivity contribution >= 4 is 14.1 Å². The second kappa shape index (κ2) is 9.29. The first kappa shape index (κ1) is 23.7. The third-order valence-electron chi connectivity index (χ3n) is 6.85. The number of Topliss-reactive ketones (excluding diaryl/α,β-unsaturated/α-hetero) is 1. The Bertz CT molecular complexity index is 923. The second-order valence-corrected chi connectivity index (χ2v) is 14.9. The molecule has 1 aliphatic rings. The molecule has 0 radical (unpaired) electrons. The van der Waals surface area contributed by atoms with Crippen LogP contribution in [-0.4, -0.2) is 19.1 Å². The fourth-order valence-corrected chi connectivity index (χ4v) is 11.1. The van der Waals surface area contributed by atoms with Gasteiger partial charge in [-0.1, -0.05) is 53.7 Å². The highest BCUT2D eigenvalue weighted by molar-refractivity contribution is 6.77. The Morgan fingerprint density at radius 1 is 0.968 bits per heavy atom. The molecule has 0 N–H and O–H groups in total. The number of rotatable bonds is 6. The summed E-state index contributed by atoms with van der Waals surface area (Å²) in [6, 6.07) is 7.50. The molecule has 2 unspecified atom stereocenters. The van der Waals surface area contributed by atoms with E-state index in [1.54, 1.807) is 18.3 Å². The highest BCUT2D eigenvalue weighted by Gasteiger charge is 2.48. The van der Waals surface area contributed by atoms with E-state index in [-0.39, 0.29) is 17.5 Å². The number of halogens is 2. The maximum Gasteiger partial charge on any atom is 0.201 e.